The molecule has 0 aliphatic carbocycles. The molecular weight excluding hydrogens is 216 g/mol. The van der Waals surface area contributed by atoms with E-state index in [9.17, 15) is 4.79 Å². The number of hydrogen-bond donors (Lipinski definition) is 2. The van der Waals surface area contributed by atoms with E-state index in [0.717, 1.165) is 5.56 Å². The minimum atomic E-state index is -0.0932. The lowest BCUT2D eigenvalue weighted by molar-refractivity contribution is 0.0786. The second-order valence-corrected chi connectivity index (χ2v) is 3.86. The van der Waals surface area contributed by atoms with Crippen molar-refractivity contribution in [3.8, 4) is 0 Å². The van der Waals surface area contributed by atoms with Crippen molar-refractivity contribution in [2.24, 2.45) is 0 Å². The maximum atomic E-state index is 12.1. The van der Waals surface area contributed by atoms with Crippen LogP contribution in [0.3, 0.4) is 0 Å². The van der Waals surface area contributed by atoms with Gasteiger partial charge in [0, 0.05) is 31.0 Å². The summed E-state index contributed by atoms with van der Waals surface area (Å²) in [6.45, 7) is 0.504. The number of aromatic nitrogens is 2. The fraction of sp³-hybridized carbons (Fsp3) is 0.167. The maximum absolute atomic E-state index is 12.1. The number of rotatable bonds is 3. The smallest absolute Gasteiger partial charge is 0.255 e. The van der Waals surface area contributed by atoms with Gasteiger partial charge in [0.15, 0.2) is 0 Å². The third-order valence-corrected chi connectivity index (χ3v) is 2.51. The molecule has 0 spiro atoms. The standard InChI is InChI=1S/C12H14N4O/c1-16(8-9-6-14-15-7-9)12(17)10-4-2-3-5-11(10)13/h2-7H,8,13H2,1H3,(H,14,15). The summed E-state index contributed by atoms with van der Waals surface area (Å²) in [6, 6.07) is 7.06. The van der Waals surface area contributed by atoms with Crippen LogP contribution >= 0.6 is 0 Å². The average Bonchev–Trinajstić information content (AvgIpc) is 2.81. The number of nitrogens with two attached hydrogens (primary N) is 1. The summed E-state index contributed by atoms with van der Waals surface area (Å²) in [5, 5.41) is 6.55. The van der Waals surface area contributed by atoms with Crippen LogP contribution in [0.2, 0.25) is 0 Å². The number of aromatic amines is 1. The van der Waals surface area contributed by atoms with Crippen LogP contribution in [0.25, 0.3) is 0 Å². The third kappa shape index (κ3) is 2.44. The molecular formula is C12H14N4O. The highest BCUT2D eigenvalue weighted by molar-refractivity contribution is 5.98. The zero-order valence-electron chi connectivity index (χ0n) is 9.55. The van der Waals surface area contributed by atoms with Crippen molar-refractivity contribution in [2.45, 2.75) is 6.54 Å². The SMILES string of the molecule is CN(Cc1cn[nH]c1)C(=O)c1ccccc1N. The molecule has 3 N–H and O–H groups in total. The molecule has 1 aromatic carbocycles. The van der Waals surface area contributed by atoms with Crippen LogP contribution < -0.4 is 5.73 Å². The largest absolute Gasteiger partial charge is 0.398 e. The van der Waals surface area contributed by atoms with Crippen molar-refractivity contribution in [2.75, 3.05) is 12.8 Å². The number of carbonyl (C=O) groups is 1. The highest BCUT2D eigenvalue weighted by Crippen LogP contribution is 2.14. The quantitative estimate of drug-likeness (QED) is 0.779. The van der Waals surface area contributed by atoms with Gasteiger partial charge in [-0.2, -0.15) is 5.10 Å². The predicted octanol–water partition coefficient (Wildman–Crippen LogP) is 1.26. The number of carbonyl (C=O) groups excluding carboxylic acids is 1. The molecule has 5 heteroatoms. The number of benzene rings is 1. The number of hydrogen-bond acceptors (Lipinski definition) is 3. The second-order valence-electron chi connectivity index (χ2n) is 3.86. The van der Waals surface area contributed by atoms with Crippen molar-refractivity contribution < 1.29 is 4.79 Å². The first-order chi connectivity index (χ1) is 8.18. The van der Waals surface area contributed by atoms with Gasteiger partial charge in [0.1, 0.15) is 0 Å². The second kappa shape index (κ2) is 4.69. The van der Waals surface area contributed by atoms with Crippen molar-refractivity contribution >= 4 is 11.6 Å². The Hall–Kier alpha value is -2.30. The van der Waals surface area contributed by atoms with Crippen LogP contribution in [-0.2, 0) is 6.54 Å². The number of nitrogens with one attached hydrogen (secondary N) is 1. The average molecular weight is 230 g/mol. The normalized spacial score (nSPS) is 10.2. The van der Waals surface area contributed by atoms with Gasteiger partial charge in [-0.25, -0.2) is 0 Å². The van der Waals surface area contributed by atoms with E-state index in [0.29, 0.717) is 17.8 Å². The topological polar surface area (TPSA) is 75.0 Å². The zero-order valence-corrected chi connectivity index (χ0v) is 9.55. The first-order valence-electron chi connectivity index (χ1n) is 5.26. The lowest BCUT2D eigenvalue weighted by atomic mass is 10.1. The van der Waals surface area contributed by atoms with Crippen LogP contribution in [0.15, 0.2) is 36.7 Å². The molecule has 2 rings (SSSR count). The minimum Gasteiger partial charge on any atom is -0.398 e. The van der Waals surface area contributed by atoms with Gasteiger partial charge < -0.3 is 10.6 Å². The van der Waals surface area contributed by atoms with Gasteiger partial charge in [0.05, 0.1) is 11.8 Å². The van der Waals surface area contributed by atoms with E-state index < -0.39 is 0 Å². The fourth-order valence-corrected chi connectivity index (χ4v) is 1.61. The van der Waals surface area contributed by atoms with E-state index >= 15 is 0 Å². The van der Waals surface area contributed by atoms with E-state index in [1.807, 2.05) is 6.07 Å². The lowest BCUT2D eigenvalue weighted by Gasteiger charge is -2.17. The van der Waals surface area contributed by atoms with E-state index in [1.54, 1.807) is 42.5 Å². The summed E-state index contributed by atoms with van der Waals surface area (Å²) in [5.74, 6) is -0.0932. The van der Waals surface area contributed by atoms with E-state index in [1.165, 1.54) is 0 Å². The number of nitrogen functional groups attached to an aromatic ring is 1. The molecule has 88 valence electrons. The van der Waals surface area contributed by atoms with Gasteiger partial charge in [0.2, 0.25) is 0 Å². The molecule has 0 fully saturated rings. The Bertz CT molecular complexity index is 507. The van der Waals surface area contributed by atoms with Gasteiger partial charge in [-0.15, -0.1) is 0 Å². The number of amides is 1. The summed E-state index contributed by atoms with van der Waals surface area (Å²) in [4.78, 5) is 13.7. The van der Waals surface area contributed by atoms with Crippen molar-refractivity contribution in [3.63, 3.8) is 0 Å². The van der Waals surface area contributed by atoms with Gasteiger partial charge >= 0.3 is 0 Å². The molecule has 0 unspecified atom stereocenters. The highest BCUT2D eigenvalue weighted by Gasteiger charge is 2.14. The highest BCUT2D eigenvalue weighted by atomic mass is 16.2. The van der Waals surface area contributed by atoms with E-state index in [2.05, 4.69) is 10.2 Å². The number of nitrogens with zero attached hydrogens (tertiary/aromatic N) is 2. The molecule has 0 aliphatic rings. The number of H-pyrrole nitrogens is 1. The predicted molar refractivity (Wildman–Crippen MR) is 65.2 cm³/mol. The Balaban J connectivity index is 2.13. The first kappa shape index (κ1) is 11.2. The molecule has 5 nitrogen and oxygen atoms in total. The molecule has 2 aromatic rings. The lowest BCUT2D eigenvalue weighted by Crippen LogP contribution is -2.26. The molecule has 0 aliphatic heterocycles. The monoisotopic (exact) mass is 230 g/mol. The number of para-hydroxylation sites is 1. The third-order valence-electron chi connectivity index (χ3n) is 2.51. The molecule has 17 heavy (non-hydrogen) atoms. The molecule has 0 saturated heterocycles. The van der Waals surface area contributed by atoms with Crippen LogP contribution in [-0.4, -0.2) is 28.1 Å². The zero-order chi connectivity index (χ0) is 12.3. The van der Waals surface area contributed by atoms with Crippen molar-refractivity contribution in [1.82, 2.24) is 15.1 Å². The van der Waals surface area contributed by atoms with E-state index in [-0.39, 0.29) is 5.91 Å². The molecule has 0 atom stereocenters. The summed E-state index contributed by atoms with van der Waals surface area (Å²) in [7, 11) is 1.74. The Morgan fingerprint density at radius 2 is 2.24 bits per heavy atom. The molecule has 0 saturated carbocycles. The Kier molecular flexibility index (Phi) is 3.09. The summed E-state index contributed by atoms with van der Waals surface area (Å²) in [6.07, 6.45) is 3.45. The summed E-state index contributed by atoms with van der Waals surface area (Å²) < 4.78 is 0. The first-order valence-corrected chi connectivity index (χ1v) is 5.26. The van der Waals surface area contributed by atoms with Crippen LogP contribution in [0.5, 0.6) is 0 Å². The Labute approximate surface area is 99.2 Å². The van der Waals surface area contributed by atoms with Gasteiger partial charge in [-0.3, -0.25) is 9.89 Å². The van der Waals surface area contributed by atoms with Gasteiger partial charge in [-0.1, -0.05) is 12.1 Å². The summed E-state index contributed by atoms with van der Waals surface area (Å²) >= 11 is 0. The minimum absolute atomic E-state index is 0.0932. The maximum Gasteiger partial charge on any atom is 0.255 e. The molecule has 0 bridgehead atoms. The van der Waals surface area contributed by atoms with E-state index in [4.69, 9.17) is 5.73 Å². The Morgan fingerprint density at radius 1 is 1.47 bits per heavy atom. The van der Waals surface area contributed by atoms with Crippen LogP contribution in [0.1, 0.15) is 15.9 Å². The van der Waals surface area contributed by atoms with Crippen LogP contribution in [0.4, 0.5) is 5.69 Å². The van der Waals surface area contributed by atoms with Crippen molar-refractivity contribution in [3.05, 3.63) is 47.8 Å². The molecule has 1 aromatic heterocycles. The molecule has 1 heterocycles. The number of anilines is 1. The summed E-state index contributed by atoms with van der Waals surface area (Å²) in [5.41, 5.74) is 7.74. The van der Waals surface area contributed by atoms with Gasteiger partial charge in [-0.05, 0) is 12.1 Å². The van der Waals surface area contributed by atoms with Crippen LogP contribution in [0, 0.1) is 0 Å². The fourth-order valence-electron chi connectivity index (χ4n) is 1.61. The van der Waals surface area contributed by atoms with Gasteiger partial charge in [0.25, 0.3) is 5.91 Å². The molecule has 0 radical (unpaired) electrons. The van der Waals surface area contributed by atoms with Crippen molar-refractivity contribution in [1.29, 1.82) is 0 Å². The molecule has 1 amide bonds. The Morgan fingerprint density at radius 3 is 2.88 bits per heavy atom.